The van der Waals surface area contributed by atoms with E-state index in [1.165, 1.54) is 26.2 Å². The molecule has 1 aliphatic heterocycles. The molecule has 3 aromatic carbocycles. The molecule has 8 nitrogen and oxygen atoms in total. The lowest BCUT2D eigenvalue weighted by Crippen LogP contribution is -2.30. The van der Waals surface area contributed by atoms with Crippen LogP contribution in [-0.2, 0) is 9.59 Å². The second-order valence-electron chi connectivity index (χ2n) is 9.05. The van der Waals surface area contributed by atoms with E-state index in [1.54, 1.807) is 43.5 Å². The number of ketones is 1. The van der Waals surface area contributed by atoms with Gasteiger partial charge in [0.1, 0.15) is 11.5 Å². The number of aliphatic hydroxyl groups is 1. The number of hydrogen-bond acceptors (Lipinski definition) is 7. The van der Waals surface area contributed by atoms with Crippen molar-refractivity contribution in [2.75, 3.05) is 33.3 Å². The highest BCUT2D eigenvalue weighted by Crippen LogP contribution is 2.48. The lowest BCUT2D eigenvalue weighted by atomic mass is 9.92. The predicted molar refractivity (Wildman–Crippen MR) is 145 cm³/mol. The Balaban J connectivity index is 2.06. The van der Waals surface area contributed by atoms with Gasteiger partial charge in [0.05, 0.1) is 40.1 Å². The van der Waals surface area contributed by atoms with Crippen molar-refractivity contribution in [3.05, 3.63) is 81.9 Å². The molecule has 1 amide bonds. The quantitative estimate of drug-likeness (QED) is 0.259. The van der Waals surface area contributed by atoms with Crippen LogP contribution < -0.4 is 23.8 Å². The molecule has 0 aliphatic carbocycles. The van der Waals surface area contributed by atoms with Crippen LogP contribution in [0, 0.1) is 20.8 Å². The first-order valence-electron chi connectivity index (χ1n) is 12.0. The molecular weight excluding hydrogens is 486 g/mol. The number of nitrogens with zero attached hydrogens (tertiary/aromatic N) is 1. The largest absolute Gasteiger partial charge is 0.507 e. The zero-order valence-electron chi connectivity index (χ0n) is 22.5. The number of carbonyl (C=O) groups is 2. The molecule has 198 valence electrons. The van der Waals surface area contributed by atoms with E-state index in [-0.39, 0.29) is 11.3 Å². The van der Waals surface area contributed by atoms with Crippen molar-refractivity contribution in [3.8, 4) is 23.0 Å². The zero-order chi connectivity index (χ0) is 27.7. The number of aliphatic hydroxyl groups excluding tert-OH is 1. The Kier molecular flexibility index (Phi) is 7.35. The summed E-state index contributed by atoms with van der Waals surface area (Å²) in [5, 5.41) is 11.6. The molecular formula is C30H31NO7. The smallest absolute Gasteiger partial charge is 0.300 e. The monoisotopic (exact) mass is 517 g/mol. The van der Waals surface area contributed by atoms with E-state index >= 15 is 0 Å². The molecule has 0 bridgehead atoms. The Morgan fingerprint density at radius 1 is 0.763 bits per heavy atom. The normalized spacial score (nSPS) is 16.5. The Morgan fingerprint density at radius 2 is 1.37 bits per heavy atom. The predicted octanol–water partition coefficient (Wildman–Crippen LogP) is 5.27. The molecule has 1 saturated heterocycles. The molecule has 0 aromatic heterocycles. The van der Waals surface area contributed by atoms with Crippen molar-refractivity contribution < 1.29 is 33.6 Å². The summed E-state index contributed by atoms with van der Waals surface area (Å²) < 4.78 is 22.0. The lowest BCUT2D eigenvalue weighted by molar-refractivity contribution is -0.132. The molecule has 1 atom stereocenters. The van der Waals surface area contributed by atoms with E-state index in [0.717, 1.165) is 11.1 Å². The van der Waals surface area contributed by atoms with Gasteiger partial charge in [-0.05, 0) is 73.4 Å². The van der Waals surface area contributed by atoms with E-state index in [4.69, 9.17) is 18.9 Å². The summed E-state index contributed by atoms with van der Waals surface area (Å²) in [5.41, 5.74) is 3.71. The highest BCUT2D eigenvalue weighted by molar-refractivity contribution is 6.51. The third kappa shape index (κ3) is 4.32. The fourth-order valence-corrected chi connectivity index (χ4v) is 4.90. The van der Waals surface area contributed by atoms with Crippen molar-refractivity contribution in [2.45, 2.75) is 26.8 Å². The number of hydrogen-bond donors (Lipinski definition) is 1. The molecule has 0 spiro atoms. The number of benzene rings is 3. The average Bonchev–Trinajstić information content (AvgIpc) is 3.18. The van der Waals surface area contributed by atoms with Crippen LogP contribution in [0.4, 0.5) is 5.69 Å². The molecule has 1 heterocycles. The maximum atomic E-state index is 13.6. The molecule has 38 heavy (non-hydrogen) atoms. The molecule has 1 fully saturated rings. The SMILES string of the molecule is COc1cc(C)c(/C(O)=C2\C(=O)C(=O)N(c3ccccc3C)C2c2cc(OC)c(OC)c(OC)c2)cc1C. The Labute approximate surface area is 222 Å². The van der Waals surface area contributed by atoms with Crippen LogP contribution in [0.25, 0.3) is 5.76 Å². The summed E-state index contributed by atoms with van der Waals surface area (Å²) in [7, 11) is 6.04. The molecule has 3 aromatic rings. The minimum atomic E-state index is -0.966. The summed E-state index contributed by atoms with van der Waals surface area (Å²) in [6.45, 7) is 5.51. The van der Waals surface area contributed by atoms with Crippen molar-refractivity contribution in [2.24, 2.45) is 0 Å². The minimum Gasteiger partial charge on any atom is -0.507 e. The summed E-state index contributed by atoms with van der Waals surface area (Å²) in [5.74, 6) is -0.0857. The lowest BCUT2D eigenvalue weighted by Gasteiger charge is -2.28. The van der Waals surface area contributed by atoms with Gasteiger partial charge in [0, 0.05) is 11.3 Å². The van der Waals surface area contributed by atoms with Crippen LogP contribution in [-0.4, -0.2) is 45.2 Å². The molecule has 8 heteroatoms. The third-order valence-corrected chi connectivity index (χ3v) is 6.82. The highest BCUT2D eigenvalue weighted by Gasteiger charge is 2.48. The van der Waals surface area contributed by atoms with Crippen molar-refractivity contribution >= 4 is 23.1 Å². The van der Waals surface area contributed by atoms with Gasteiger partial charge in [-0.25, -0.2) is 0 Å². The van der Waals surface area contributed by atoms with Gasteiger partial charge in [0.25, 0.3) is 11.7 Å². The zero-order valence-corrected chi connectivity index (χ0v) is 22.5. The Morgan fingerprint density at radius 3 is 1.92 bits per heavy atom. The number of methoxy groups -OCH3 is 4. The molecule has 4 rings (SSSR count). The van der Waals surface area contributed by atoms with Crippen LogP contribution >= 0.6 is 0 Å². The van der Waals surface area contributed by atoms with Gasteiger partial charge >= 0.3 is 0 Å². The number of anilines is 1. The number of para-hydroxylation sites is 1. The van der Waals surface area contributed by atoms with E-state index in [1.807, 2.05) is 32.9 Å². The van der Waals surface area contributed by atoms with Gasteiger partial charge in [-0.15, -0.1) is 0 Å². The van der Waals surface area contributed by atoms with Crippen LogP contribution in [0.5, 0.6) is 23.0 Å². The summed E-state index contributed by atoms with van der Waals surface area (Å²) >= 11 is 0. The number of carbonyl (C=O) groups excluding carboxylic acids is 2. The van der Waals surface area contributed by atoms with Gasteiger partial charge in [0.15, 0.2) is 11.5 Å². The number of ether oxygens (including phenoxy) is 4. The fraction of sp³-hybridized carbons (Fsp3) is 0.267. The van der Waals surface area contributed by atoms with Crippen LogP contribution in [0.15, 0.2) is 54.1 Å². The number of amides is 1. The first kappa shape index (κ1) is 26.6. The molecule has 0 saturated carbocycles. The van der Waals surface area contributed by atoms with Gasteiger partial charge < -0.3 is 24.1 Å². The minimum absolute atomic E-state index is 0.0415. The molecule has 1 aliphatic rings. The topological polar surface area (TPSA) is 94.5 Å². The summed E-state index contributed by atoms with van der Waals surface area (Å²) in [6, 6.07) is 13.2. The highest BCUT2D eigenvalue weighted by atomic mass is 16.5. The molecule has 1 N–H and O–H groups in total. The second-order valence-corrected chi connectivity index (χ2v) is 9.05. The number of rotatable bonds is 7. The average molecular weight is 518 g/mol. The maximum Gasteiger partial charge on any atom is 0.300 e. The molecule has 1 unspecified atom stereocenters. The fourth-order valence-electron chi connectivity index (χ4n) is 4.90. The number of Topliss-reactive ketones (excluding diaryl/α,β-unsaturated/α-hetero) is 1. The summed E-state index contributed by atoms with van der Waals surface area (Å²) in [6.07, 6.45) is 0. The van der Waals surface area contributed by atoms with Crippen molar-refractivity contribution in [1.29, 1.82) is 0 Å². The van der Waals surface area contributed by atoms with E-state index in [2.05, 4.69) is 0 Å². The van der Waals surface area contributed by atoms with Crippen molar-refractivity contribution in [1.82, 2.24) is 0 Å². The van der Waals surface area contributed by atoms with E-state index < -0.39 is 17.7 Å². The van der Waals surface area contributed by atoms with Crippen molar-refractivity contribution in [3.63, 3.8) is 0 Å². The Bertz CT molecular complexity index is 1430. The number of aryl methyl sites for hydroxylation is 3. The van der Waals surface area contributed by atoms with Gasteiger partial charge in [-0.1, -0.05) is 18.2 Å². The van der Waals surface area contributed by atoms with E-state index in [9.17, 15) is 14.7 Å². The maximum absolute atomic E-state index is 13.6. The summed E-state index contributed by atoms with van der Waals surface area (Å²) in [4.78, 5) is 28.6. The van der Waals surface area contributed by atoms with Crippen LogP contribution in [0.2, 0.25) is 0 Å². The first-order chi connectivity index (χ1) is 18.2. The van der Waals surface area contributed by atoms with Gasteiger partial charge in [-0.2, -0.15) is 0 Å². The molecule has 0 radical (unpaired) electrons. The third-order valence-electron chi connectivity index (χ3n) is 6.82. The first-order valence-corrected chi connectivity index (χ1v) is 12.0. The van der Waals surface area contributed by atoms with Gasteiger partial charge in [0.2, 0.25) is 5.75 Å². The van der Waals surface area contributed by atoms with Gasteiger partial charge in [-0.3, -0.25) is 14.5 Å². The second kappa shape index (κ2) is 10.5. The van der Waals surface area contributed by atoms with Crippen LogP contribution in [0.3, 0.4) is 0 Å². The Hall–Kier alpha value is -4.46. The van der Waals surface area contributed by atoms with E-state index in [0.29, 0.717) is 45.4 Å². The van der Waals surface area contributed by atoms with Crippen LogP contribution in [0.1, 0.15) is 33.9 Å². The standard InChI is InChI=1S/C30H31NO7/c1-16-10-8-9-11-21(16)31-26(19-14-23(36-5)29(38-7)24(15-19)37-6)25(28(33)30(31)34)27(32)20-12-18(3)22(35-4)13-17(20)2/h8-15,26,32H,1-7H3/b27-25+.